The summed E-state index contributed by atoms with van der Waals surface area (Å²) in [6.45, 7) is 11.0. The Morgan fingerprint density at radius 1 is 1.24 bits per heavy atom. The molecular weight excluding hydrogens is 368 g/mol. The second kappa shape index (κ2) is 9.47. The van der Waals surface area contributed by atoms with E-state index in [0.29, 0.717) is 50.6 Å². The lowest BCUT2D eigenvalue weighted by Gasteiger charge is -2.34. The van der Waals surface area contributed by atoms with Gasteiger partial charge in [0.25, 0.3) is 5.91 Å². The predicted octanol–water partition coefficient (Wildman–Crippen LogP) is 1.45. The first-order valence-corrected chi connectivity index (χ1v) is 9.89. The summed E-state index contributed by atoms with van der Waals surface area (Å²) < 4.78 is 1.75. The van der Waals surface area contributed by atoms with Crippen LogP contribution < -0.4 is 5.32 Å². The van der Waals surface area contributed by atoms with Crippen molar-refractivity contribution in [3.63, 3.8) is 0 Å². The van der Waals surface area contributed by atoms with Gasteiger partial charge in [-0.05, 0) is 18.1 Å². The maximum atomic E-state index is 13.2. The van der Waals surface area contributed by atoms with E-state index < -0.39 is 0 Å². The van der Waals surface area contributed by atoms with Crippen LogP contribution in [0, 0.1) is 0 Å². The molecule has 0 bridgehead atoms. The van der Waals surface area contributed by atoms with Crippen molar-refractivity contribution in [3.8, 4) is 5.82 Å². The summed E-state index contributed by atoms with van der Waals surface area (Å²) in [5.41, 5.74) is 1.47. The standard InChI is InChI=1S/C21H28N6O2/c1-4-8-23-19(28)15-25-10-12-26(13-11-25)21(29)17-14-24-27(20(17)16(2)3)18-7-5-6-9-22-18/h4-7,9,14,16H,1,8,10-13,15H2,2-3H3,(H,23,28). The van der Waals surface area contributed by atoms with Gasteiger partial charge in [-0.25, -0.2) is 9.67 Å². The number of hydrogen-bond acceptors (Lipinski definition) is 5. The van der Waals surface area contributed by atoms with Crippen molar-refractivity contribution in [2.45, 2.75) is 19.8 Å². The number of carbonyl (C=O) groups is 2. The summed E-state index contributed by atoms with van der Waals surface area (Å²) in [6.07, 6.45) is 5.01. The van der Waals surface area contributed by atoms with Crippen molar-refractivity contribution in [1.29, 1.82) is 0 Å². The van der Waals surface area contributed by atoms with Gasteiger partial charge in [0.05, 0.1) is 24.0 Å². The topological polar surface area (TPSA) is 83.4 Å². The molecule has 0 aromatic carbocycles. The van der Waals surface area contributed by atoms with Gasteiger partial charge in [-0.1, -0.05) is 26.0 Å². The number of pyridine rings is 1. The number of nitrogens with one attached hydrogen (secondary N) is 1. The molecule has 8 heteroatoms. The van der Waals surface area contributed by atoms with Crippen molar-refractivity contribution >= 4 is 11.8 Å². The Labute approximate surface area is 171 Å². The van der Waals surface area contributed by atoms with Gasteiger partial charge in [0, 0.05) is 38.9 Å². The van der Waals surface area contributed by atoms with Gasteiger partial charge in [0.15, 0.2) is 5.82 Å². The summed E-state index contributed by atoms with van der Waals surface area (Å²) in [4.78, 5) is 33.3. The Balaban J connectivity index is 1.68. The molecule has 0 saturated carbocycles. The van der Waals surface area contributed by atoms with E-state index in [-0.39, 0.29) is 17.7 Å². The molecule has 0 atom stereocenters. The van der Waals surface area contributed by atoms with Crippen LogP contribution in [0.25, 0.3) is 5.82 Å². The molecule has 3 heterocycles. The van der Waals surface area contributed by atoms with Crippen LogP contribution >= 0.6 is 0 Å². The van der Waals surface area contributed by atoms with Crippen molar-refractivity contribution in [2.24, 2.45) is 0 Å². The van der Waals surface area contributed by atoms with Crippen LogP contribution in [0.1, 0.15) is 35.8 Å². The Kier molecular flexibility index (Phi) is 6.77. The average molecular weight is 396 g/mol. The van der Waals surface area contributed by atoms with Gasteiger partial charge in [0.2, 0.25) is 5.91 Å². The first-order chi connectivity index (χ1) is 14.0. The zero-order valence-electron chi connectivity index (χ0n) is 17.0. The van der Waals surface area contributed by atoms with E-state index >= 15 is 0 Å². The van der Waals surface area contributed by atoms with Crippen LogP contribution in [0.15, 0.2) is 43.2 Å². The summed E-state index contributed by atoms with van der Waals surface area (Å²) in [5, 5.41) is 7.22. The lowest BCUT2D eigenvalue weighted by Crippen LogP contribution is -2.51. The highest BCUT2D eigenvalue weighted by atomic mass is 16.2. The summed E-state index contributed by atoms with van der Waals surface area (Å²) in [5.74, 6) is 0.772. The lowest BCUT2D eigenvalue weighted by atomic mass is 10.0. The van der Waals surface area contributed by atoms with Crippen LogP contribution in [0.2, 0.25) is 0 Å². The third-order valence-electron chi connectivity index (χ3n) is 4.92. The molecule has 1 saturated heterocycles. The van der Waals surface area contributed by atoms with Crippen LogP contribution in [-0.4, -0.2) is 75.6 Å². The van der Waals surface area contributed by atoms with E-state index in [1.807, 2.05) is 36.9 Å². The van der Waals surface area contributed by atoms with E-state index in [0.717, 1.165) is 5.69 Å². The van der Waals surface area contributed by atoms with Crippen molar-refractivity contribution in [3.05, 3.63) is 54.5 Å². The number of hydrogen-bond donors (Lipinski definition) is 1. The number of aromatic nitrogens is 3. The highest BCUT2D eigenvalue weighted by Gasteiger charge is 2.28. The maximum absolute atomic E-state index is 13.2. The molecule has 0 spiro atoms. The molecule has 1 aliphatic heterocycles. The van der Waals surface area contributed by atoms with E-state index in [1.165, 1.54) is 0 Å². The van der Waals surface area contributed by atoms with Crippen molar-refractivity contribution in [1.82, 2.24) is 29.9 Å². The highest BCUT2D eigenvalue weighted by Crippen LogP contribution is 2.24. The minimum Gasteiger partial charge on any atom is -0.352 e. The van der Waals surface area contributed by atoms with Crippen molar-refractivity contribution < 1.29 is 9.59 Å². The van der Waals surface area contributed by atoms with Gasteiger partial charge in [-0.3, -0.25) is 14.5 Å². The highest BCUT2D eigenvalue weighted by molar-refractivity contribution is 5.95. The normalized spacial score (nSPS) is 14.8. The van der Waals surface area contributed by atoms with E-state index in [4.69, 9.17) is 0 Å². The third-order valence-corrected chi connectivity index (χ3v) is 4.92. The van der Waals surface area contributed by atoms with E-state index in [2.05, 4.69) is 26.9 Å². The molecular formula is C21H28N6O2. The molecule has 29 heavy (non-hydrogen) atoms. The fourth-order valence-electron chi connectivity index (χ4n) is 3.46. The second-order valence-electron chi connectivity index (χ2n) is 7.36. The molecule has 154 valence electrons. The second-order valence-corrected chi connectivity index (χ2v) is 7.36. The fraction of sp³-hybridized carbons (Fsp3) is 0.429. The van der Waals surface area contributed by atoms with E-state index in [1.54, 1.807) is 23.2 Å². The molecule has 1 N–H and O–H groups in total. The minimum absolute atomic E-state index is 0.0216. The van der Waals surface area contributed by atoms with Crippen LogP contribution in [0.3, 0.4) is 0 Å². The Morgan fingerprint density at radius 3 is 2.62 bits per heavy atom. The summed E-state index contributed by atoms with van der Waals surface area (Å²) in [6, 6.07) is 5.63. The molecule has 1 aliphatic rings. The zero-order valence-corrected chi connectivity index (χ0v) is 17.0. The smallest absolute Gasteiger partial charge is 0.257 e. The first kappa shape index (κ1) is 20.7. The molecule has 8 nitrogen and oxygen atoms in total. The van der Waals surface area contributed by atoms with Gasteiger partial charge in [0.1, 0.15) is 0 Å². The Morgan fingerprint density at radius 2 is 2.00 bits per heavy atom. The van der Waals surface area contributed by atoms with Gasteiger partial charge in [-0.2, -0.15) is 5.10 Å². The zero-order chi connectivity index (χ0) is 20.8. The molecule has 0 aliphatic carbocycles. The first-order valence-electron chi connectivity index (χ1n) is 9.89. The maximum Gasteiger partial charge on any atom is 0.257 e. The summed E-state index contributed by atoms with van der Waals surface area (Å²) >= 11 is 0. The number of amides is 2. The fourth-order valence-corrected chi connectivity index (χ4v) is 3.46. The van der Waals surface area contributed by atoms with Crippen LogP contribution in [0.4, 0.5) is 0 Å². The molecule has 0 radical (unpaired) electrons. The van der Waals surface area contributed by atoms with Crippen molar-refractivity contribution in [2.75, 3.05) is 39.3 Å². The number of piperazine rings is 1. The largest absolute Gasteiger partial charge is 0.352 e. The van der Waals surface area contributed by atoms with Crippen LogP contribution in [0.5, 0.6) is 0 Å². The Bertz CT molecular complexity index is 853. The quantitative estimate of drug-likeness (QED) is 0.717. The lowest BCUT2D eigenvalue weighted by molar-refractivity contribution is -0.122. The SMILES string of the molecule is C=CCNC(=O)CN1CCN(C(=O)c2cnn(-c3ccccn3)c2C(C)C)CC1. The predicted molar refractivity (Wildman–Crippen MR) is 111 cm³/mol. The molecule has 1 fully saturated rings. The molecule has 2 aromatic rings. The molecule has 2 aromatic heterocycles. The number of carbonyl (C=O) groups excluding carboxylic acids is 2. The van der Waals surface area contributed by atoms with Gasteiger partial charge >= 0.3 is 0 Å². The van der Waals surface area contributed by atoms with Crippen LogP contribution in [-0.2, 0) is 4.79 Å². The molecule has 3 rings (SSSR count). The average Bonchev–Trinajstić information content (AvgIpc) is 3.18. The monoisotopic (exact) mass is 396 g/mol. The number of rotatable bonds is 7. The third kappa shape index (κ3) is 4.89. The summed E-state index contributed by atoms with van der Waals surface area (Å²) in [7, 11) is 0. The molecule has 2 amide bonds. The molecule has 0 unspecified atom stereocenters. The van der Waals surface area contributed by atoms with E-state index in [9.17, 15) is 9.59 Å². The Hall–Kier alpha value is -3.00. The minimum atomic E-state index is -0.0246. The number of nitrogens with zero attached hydrogens (tertiary/aromatic N) is 5. The van der Waals surface area contributed by atoms with Gasteiger partial charge < -0.3 is 10.2 Å². The van der Waals surface area contributed by atoms with Gasteiger partial charge in [-0.15, -0.1) is 6.58 Å².